The normalized spacial score (nSPS) is 18.3. The molecule has 0 radical (unpaired) electrons. The van der Waals surface area contributed by atoms with Crippen molar-refractivity contribution < 1.29 is 40.7 Å². The van der Waals surface area contributed by atoms with Crippen molar-refractivity contribution in [2.24, 2.45) is 0 Å². The molecule has 0 spiro atoms. The van der Waals surface area contributed by atoms with Gasteiger partial charge in [-0.05, 0) is 4.08 Å². The Balaban J connectivity index is 3.44. The van der Waals surface area contributed by atoms with Gasteiger partial charge in [-0.15, -0.1) is 26.3 Å². The van der Waals surface area contributed by atoms with Crippen LogP contribution in [0, 0.1) is 0 Å². The van der Waals surface area contributed by atoms with Gasteiger partial charge in [0.05, 0.1) is 0 Å². The molecule has 0 unspecified atom stereocenters. The molecule has 4 amide bonds. The molecule has 1 fully saturated rings. The lowest BCUT2D eigenvalue weighted by atomic mass is 10.2. The number of carbonyl (C=O) groups is 3. The molecule has 1 heterocycles. The Hall–Kier alpha value is -1.34. The summed E-state index contributed by atoms with van der Waals surface area (Å²) in [5, 5.41) is 0. The molecule has 1 saturated heterocycles. The lowest BCUT2D eigenvalue weighted by molar-refractivity contribution is -0.249. The van der Waals surface area contributed by atoms with Crippen molar-refractivity contribution in [2.45, 2.75) is 12.6 Å². The van der Waals surface area contributed by atoms with Crippen molar-refractivity contribution in [1.82, 2.24) is 9.80 Å². The fraction of sp³-hybridized carbons (Fsp3) is 0.286. The molecule has 0 bridgehead atoms. The smallest absolute Gasteiger partial charge is 0.268 e. The van der Waals surface area contributed by atoms with E-state index < -0.39 is 45.8 Å². The summed E-state index contributed by atoms with van der Waals surface area (Å²) < 4.78 is 74.8. The molecule has 0 N–H and O–H groups in total. The van der Waals surface area contributed by atoms with Gasteiger partial charge in [0.25, 0.3) is 11.8 Å². The summed E-state index contributed by atoms with van der Waals surface area (Å²) >= 11 is 1.12. The first-order valence-corrected chi connectivity index (χ1v) is 5.34. The fourth-order valence-corrected chi connectivity index (χ4v) is 1.68. The van der Waals surface area contributed by atoms with Crippen LogP contribution in [-0.2, 0) is 9.59 Å². The van der Waals surface area contributed by atoms with Gasteiger partial charge in [-0.25, -0.2) is 4.79 Å². The number of hydrogen-bond acceptors (Lipinski definition) is 3. The Bertz CT molecular complexity index is 444. The minimum absolute atomic E-state index is 0.437. The van der Waals surface area contributed by atoms with Gasteiger partial charge >= 0.3 is 18.6 Å². The zero-order chi connectivity index (χ0) is 15.2. The average Bonchev–Trinajstić information content (AvgIpc) is 2.12. The molecular weight excluding hydrogens is 401 g/mol. The molecule has 1 aliphatic rings. The number of hydrogen-bond donors (Lipinski definition) is 0. The lowest BCUT2D eigenvalue weighted by Crippen LogP contribution is -2.64. The zero-order valence-electron chi connectivity index (χ0n) is 8.34. The molecule has 0 atom stereocenters. The van der Waals surface area contributed by atoms with E-state index in [1.165, 1.54) is 0 Å². The van der Waals surface area contributed by atoms with Gasteiger partial charge in [-0.2, -0.15) is 9.80 Å². The maximum Gasteiger partial charge on any atom is 0.495 e. The number of barbiturate groups is 1. The molecule has 5 nitrogen and oxygen atoms in total. The standard InChI is InChI=1S/C7HF6IN2O3/c8-6(9,10)15-3(17)2(1-14)4(18)16(5(15)19)7(11,12)13/h1H. The summed E-state index contributed by atoms with van der Waals surface area (Å²) in [5.41, 5.74) is -1.41. The van der Waals surface area contributed by atoms with Crippen LogP contribution in [0.2, 0.25) is 0 Å². The highest BCUT2D eigenvalue weighted by Crippen LogP contribution is 2.34. The Morgan fingerprint density at radius 1 is 0.842 bits per heavy atom. The highest BCUT2D eigenvalue weighted by atomic mass is 127. The first kappa shape index (κ1) is 15.7. The maximum absolute atomic E-state index is 12.4. The SMILES string of the molecule is O=C1C(=CI)C(=O)N(C(F)(F)F)C(=O)N1C(F)(F)F. The van der Waals surface area contributed by atoms with Crippen LogP contribution in [0.5, 0.6) is 0 Å². The Morgan fingerprint density at radius 3 is 1.37 bits per heavy atom. The van der Waals surface area contributed by atoms with Crippen molar-refractivity contribution in [3.63, 3.8) is 0 Å². The van der Waals surface area contributed by atoms with Gasteiger partial charge in [0.2, 0.25) is 0 Å². The molecule has 1 aliphatic heterocycles. The number of halogens is 7. The van der Waals surface area contributed by atoms with Crippen LogP contribution in [0.3, 0.4) is 0 Å². The molecule has 12 heteroatoms. The lowest BCUT2D eigenvalue weighted by Gasteiger charge is -2.34. The highest BCUT2D eigenvalue weighted by molar-refractivity contribution is 14.1. The summed E-state index contributed by atoms with van der Waals surface area (Å²) in [6, 6.07) is -2.81. The van der Waals surface area contributed by atoms with Gasteiger partial charge in [-0.3, -0.25) is 9.59 Å². The van der Waals surface area contributed by atoms with Gasteiger partial charge in [0.1, 0.15) is 5.57 Å². The molecule has 0 aromatic carbocycles. The number of amides is 4. The van der Waals surface area contributed by atoms with Crippen molar-refractivity contribution in [2.75, 3.05) is 0 Å². The first-order chi connectivity index (χ1) is 8.42. The number of rotatable bonds is 0. The quantitative estimate of drug-likeness (QED) is 0.205. The van der Waals surface area contributed by atoms with Gasteiger partial charge in [-0.1, -0.05) is 22.6 Å². The Morgan fingerprint density at radius 2 is 1.16 bits per heavy atom. The Labute approximate surface area is 113 Å². The van der Waals surface area contributed by atoms with Crippen LogP contribution in [0.25, 0.3) is 0 Å². The van der Waals surface area contributed by atoms with Crippen molar-refractivity contribution in [3.8, 4) is 0 Å². The summed E-state index contributed by atoms with van der Waals surface area (Å²) in [4.78, 5) is 30.3. The third kappa shape index (κ3) is 2.66. The third-order valence-electron chi connectivity index (χ3n) is 1.87. The monoisotopic (exact) mass is 402 g/mol. The summed E-state index contributed by atoms with van der Waals surface area (Å²) in [6.07, 6.45) is -11.4. The van der Waals surface area contributed by atoms with Crippen LogP contribution in [0.4, 0.5) is 31.1 Å². The van der Waals surface area contributed by atoms with Crippen LogP contribution < -0.4 is 0 Å². The molecule has 0 aliphatic carbocycles. The minimum atomic E-state index is -5.68. The van der Waals surface area contributed by atoms with Crippen molar-refractivity contribution >= 4 is 40.4 Å². The molecule has 19 heavy (non-hydrogen) atoms. The van der Waals surface area contributed by atoms with Crippen LogP contribution >= 0.6 is 22.6 Å². The van der Waals surface area contributed by atoms with Crippen molar-refractivity contribution in [3.05, 3.63) is 9.66 Å². The summed E-state index contributed by atoms with van der Waals surface area (Å²) in [6.45, 7) is 0. The minimum Gasteiger partial charge on any atom is -0.268 e. The number of nitrogens with zero attached hydrogens (tertiary/aromatic N) is 2. The molecule has 106 valence electrons. The predicted octanol–water partition coefficient (Wildman–Crippen LogP) is 2.14. The second kappa shape index (κ2) is 4.64. The largest absolute Gasteiger partial charge is 0.495 e. The molecule has 0 saturated carbocycles. The van der Waals surface area contributed by atoms with E-state index in [0.29, 0.717) is 4.08 Å². The number of imide groups is 2. The first-order valence-electron chi connectivity index (χ1n) is 4.09. The fourth-order valence-electron chi connectivity index (χ4n) is 1.15. The van der Waals surface area contributed by atoms with Crippen LogP contribution in [0.15, 0.2) is 9.66 Å². The van der Waals surface area contributed by atoms with Gasteiger partial charge in [0, 0.05) is 0 Å². The van der Waals surface area contributed by atoms with Crippen molar-refractivity contribution in [1.29, 1.82) is 0 Å². The average molecular weight is 402 g/mol. The van der Waals surface area contributed by atoms with E-state index in [1.54, 1.807) is 0 Å². The molecule has 0 aromatic rings. The predicted molar refractivity (Wildman–Crippen MR) is 53.3 cm³/mol. The second-order valence-corrected chi connectivity index (χ2v) is 3.64. The van der Waals surface area contributed by atoms with Crippen LogP contribution in [0.1, 0.15) is 0 Å². The highest BCUT2D eigenvalue weighted by Gasteiger charge is 2.60. The zero-order valence-corrected chi connectivity index (χ0v) is 10.5. The summed E-state index contributed by atoms with van der Waals surface area (Å²) in [7, 11) is 0. The third-order valence-corrected chi connectivity index (χ3v) is 2.49. The second-order valence-electron chi connectivity index (χ2n) is 3.02. The van der Waals surface area contributed by atoms with E-state index in [4.69, 9.17) is 0 Å². The number of urea groups is 1. The van der Waals surface area contributed by atoms with Gasteiger partial charge in [0.15, 0.2) is 0 Å². The molecule has 1 rings (SSSR count). The van der Waals surface area contributed by atoms with E-state index in [-0.39, 0.29) is 0 Å². The van der Waals surface area contributed by atoms with E-state index in [0.717, 1.165) is 22.6 Å². The van der Waals surface area contributed by atoms with Crippen LogP contribution in [-0.4, -0.2) is 40.2 Å². The Kier molecular flexibility index (Phi) is 3.84. The maximum atomic E-state index is 12.4. The van der Waals surface area contributed by atoms with Gasteiger partial charge < -0.3 is 0 Å². The van der Waals surface area contributed by atoms with E-state index in [1.807, 2.05) is 0 Å². The number of alkyl halides is 6. The topological polar surface area (TPSA) is 57.7 Å². The van der Waals surface area contributed by atoms with E-state index >= 15 is 0 Å². The van der Waals surface area contributed by atoms with E-state index in [9.17, 15) is 40.7 Å². The number of carbonyl (C=O) groups excluding carboxylic acids is 3. The summed E-state index contributed by atoms with van der Waals surface area (Å²) in [5.74, 6) is -4.31. The molecular formula is C7HF6IN2O3. The van der Waals surface area contributed by atoms with E-state index in [2.05, 4.69) is 0 Å². The molecule has 0 aromatic heterocycles.